The number of amides is 2. The number of aliphatic hydroxyl groups is 1. The third kappa shape index (κ3) is 5.97. The summed E-state index contributed by atoms with van der Waals surface area (Å²) in [5, 5.41) is 9.95. The van der Waals surface area contributed by atoms with Crippen LogP contribution in [0.1, 0.15) is 45.7 Å². The summed E-state index contributed by atoms with van der Waals surface area (Å²) < 4.78 is 22.5. The lowest BCUT2D eigenvalue weighted by Gasteiger charge is -2.37. The summed E-state index contributed by atoms with van der Waals surface area (Å²) in [6.07, 6.45) is 1.06. The van der Waals surface area contributed by atoms with E-state index in [0.29, 0.717) is 40.5 Å². The lowest BCUT2D eigenvalue weighted by Crippen LogP contribution is -2.50. The average Bonchev–Trinajstić information content (AvgIpc) is 3.49. The van der Waals surface area contributed by atoms with Crippen molar-refractivity contribution in [2.75, 3.05) is 40.6 Å². The van der Waals surface area contributed by atoms with E-state index in [4.69, 9.17) is 18.9 Å². The fourth-order valence-electron chi connectivity index (χ4n) is 4.88. The molecule has 42 heavy (non-hydrogen) atoms. The van der Waals surface area contributed by atoms with E-state index in [2.05, 4.69) is 16.8 Å². The number of fused-ring (bicyclic) bond motifs is 2. The zero-order valence-electron chi connectivity index (χ0n) is 24.0. The Hall–Kier alpha value is -4.75. The molecule has 0 radical (unpaired) electrons. The Labute approximate surface area is 244 Å². The SMILES string of the molecule is COc1ccccc1C#Cc1cnc2c(c1)C(=O)N([C@H](C)CO)C[C@H](C)[C@H](CN(C)C(=O)c1ccc3c(c1)OCO3)O2. The molecule has 3 atom stereocenters. The van der Waals surface area contributed by atoms with Crippen molar-refractivity contribution >= 4 is 11.8 Å². The van der Waals surface area contributed by atoms with Crippen molar-refractivity contribution in [1.82, 2.24) is 14.8 Å². The van der Waals surface area contributed by atoms with Gasteiger partial charge in [0.2, 0.25) is 12.7 Å². The van der Waals surface area contributed by atoms with Gasteiger partial charge >= 0.3 is 0 Å². The molecule has 3 aromatic rings. The second-order valence-corrected chi connectivity index (χ2v) is 10.4. The monoisotopic (exact) mass is 571 g/mol. The van der Waals surface area contributed by atoms with Gasteiger partial charge in [0.25, 0.3) is 11.8 Å². The number of carbonyl (C=O) groups is 2. The number of aromatic nitrogens is 1. The summed E-state index contributed by atoms with van der Waals surface area (Å²) >= 11 is 0. The molecule has 10 heteroatoms. The predicted octanol–water partition coefficient (Wildman–Crippen LogP) is 3.21. The number of methoxy groups -OCH3 is 1. The summed E-state index contributed by atoms with van der Waals surface area (Å²) in [5.74, 6) is 7.36. The molecular formula is C32H33N3O7. The van der Waals surface area contributed by atoms with Gasteiger partial charge in [0.1, 0.15) is 17.4 Å². The first-order valence-corrected chi connectivity index (χ1v) is 13.7. The molecule has 2 aliphatic rings. The number of para-hydroxylation sites is 1. The summed E-state index contributed by atoms with van der Waals surface area (Å²) in [7, 11) is 3.28. The van der Waals surface area contributed by atoms with Crippen LogP contribution in [0, 0.1) is 17.8 Å². The molecule has 1 aromatic heterocycles. The minimum absolute atomic E-state index is 0.123. The number of nitrogens with zero attached hydrogens (tertiary/aromatic N) is 3. The van der Waals surface area contributed by atoms with E-state index in [1.54, 1.807) is 61.3 Å². The van der Waals surface area contributed by atoms with Crippen LogP contribution in [0.25, 0.3) is 0 Å². The van der Waals surface area contributed by atoms with Crippen molar-refractivity contribution in [2.45, 2.75) is 26.0 Å². The smallest absolute Gasteiger partial charge is 0.259 e. The Morgan fingerprint density at radius 1 is 1.19 bits per heavy atom. The first kappa shape index (κ1) is 28.8. The molecule has 3 heterocycles. The number of carbonyl (C=O) groups excluding carboxylic acids is 2. The van der Waals surface area contributed by atoms with E-state index < -0.39 is 12.1 Å². The second-order valence-electron chi connectivity index (χ2n) is 10.4. The molecule has 2 amide bonds. The van der Waals surface area contributed by atoms with Gasteiger partial charge in [-0.2, -0.15) is 0 Å². The molecule has 1 N–H and O–H groups in total. The topological polar surface area (TPSA) is 111 Å². The molecule has 0 fully saturated rings. The predicted molar refractivity (Wildman–Crippen MR) is 154 cm³/mol. The Morgan fingerprint density at radius 3 is 2.76 bits per heavy atom. The Morgan fingerprint density at radius 2 is 1.98 bits per heavy atom. The van der Waals surface area contributed by atoms with E-state index in [0.717, 1.165) is 0 Å². The first-order chi connectivity index (χ1) is 20.3. The average molecular weight is 572 g/mol. The van der Waals surface area contributed by atoms with Gasteiger partial charge in [-0.05, 0) is 43.3 Å². The van der Waals surface area contributed by atoms with Crippen LogP contribution in [0.4, 0.5) is 0 Å². The van der Waals surface area contributed by atoms with Gasteiger partial charge in [-0.1, -0.05) is 30.9 Å². The highest BCUT2D eigenvalue weighted by Crippen LogP contribution is 2.33. The number of hydrogen-bond acceptors (Lipinski definition) is 8. The molecule has 218 valence electrons. The summed E-state index contributed by atoms with van der Waals surface area (Å²) in [4.78, 5) is 34.7. The summed E-state index contributed by atoms with van der Waals surface area (Å²) in [6, 6.07) is 13.7. The van der Waals surface area contributed by atoms with Gasteiger partial charge in [0.15, 0.2) is 11.5 Å². The highest BCUT2D eigenvalue weighted by molar-refractivity contribution is 5.97. The van der Waals surface area contributed by atoms with Gasteiger partial charge in [0.05, 0.1) is 31.9 Å². The van der Waals surface area contributed by atoms with Crippen molar-refractivity contribution in [3.8, 4) is 35.0 Å². The van der Waals surface area contributed by atoms with E-state index in [-0.39, 0.29) is 49.1 Å². The van der Waals surface area contributed by atoms with Crippen molar-refractivity contribution in [3.05, 3.63) is 77.0 Å². The van der Waals surface area contributed by atoms with Gasteiger partial charge in [-0.25, -0.2) is 4.98 Å². The number of rotatable bonds is 6. The van der Waals surface area contributed by atoms with Crippen LogP contribution in [0.5, 0.6) is 23.1 Å². The van der Waals surface area contributed by atoms with Crippen LogP contribution in [-0.4, -0.2) is 84.5 Å². The second kappa shape index (κ2) is 12.4. The third-order valence-electron chi connectivity index (χ3n) is 7.39. The number of hydrogen-bond donors (Lipinski definition) is 1. The minimum atomic E-state index is -0.494. The van der Waals surface area contributed by atoms with Crippen LogP contribution in [-0.2, 0) is 0 Å². The lowest BCUT2D eigenvalue weighted by molar-refractivity contribution is 0.0313. The van der Waals surface area contributed by atoms with Gasteiger partial charge in [0, 0.05) is 36.8 Å². The maximum Gasteiger partial charge on any atom is 0.259 e. The van der Waals surface area contributed by atoms with Gasteiger partial charge < -0.3 is 33.9 Å². The maximum absolute atomic E-state index is 13.7. The quantitative estimate of drug-likeness (QED) is 0.449. The van der Waals surface area contributed by atoms with E-state index in [1.165, 1.54) is 0 Å². The molecule has 0 bridgehead atoms. The maximum atomic E-state index is 13.7. The molecule has 0 aliphatic carbocycles. The van der Waals surface area contributed by atoms with E-state index in [9.17, 15) is 14.7 Å². The number of ether oxygens (including phenoxy) is 4. The van der Waals surface area contributed by atoms with Crippen molar-refractivity contribution in [2.24, 2.45) is 5.92 Å². The highest BCUT2D eigenvalue weighted by Gasteiger charge is 2.35. The Kier molecular flexibility index (Phi) is 8.50. The third-order valence-corrected chi connectivity index (χ3v) is 7.39. The fourth-order valence-corrected chi connectivity index (χ4v) is 4.88. The van der Waals surface area contributed by atoms with Crippen molar-refractivity contribution in [1.29, 1.82) is 0 Å². The van der Waals surface area contributed by atoms with E-state index >= 15 is 0 Å². The largest absolute Gasteiger partial charge is 0.495 e. The molecular weight excluding hydrogens is 538 g/mol. The molecule has 0 saturated carbocycles. The Bertz CT molecular complexity index is 1550. The number of aliphatic hydroxyl groups excluding tert-OH is 1. The zero-order chi connectivity index (χ0) is 29.8. The van der Waals surface area contributed by atoms with Crippen molar-refractivity contribution < 1.29 is 33.6 Å². The van der Waals surface area contributed by atoms with Crippen LogP contribution >= 0.6 is 0 Å². The zero-order valence-corrected chi connectivity index (χ0v) is 24.0. The van der Waals surface area contributed by atoms with Crippen LogP contribution in [0.3, 0.4) is 0 Å². The fraction of sp³-hybridized carbons (Fsp3) is 0.344. The highest BCUT2D eigenvalue weighted by atomic mass is 16.7. The molecule has 5 rings (SSSR count). The number of likely N-dealkylation sites (N-methyl/N-ethyl adjacent to an activating group) is 1. The van der Waals surface area contributed by atoms with Crippen molar-refractivity contribution in [3.63, 3.8) is 0 Å². The first-order valence-electron chi connectivity index (χ1n) is 13.7. The Balaban J connectivity index is 1.43. The van der Waals surface area contributed by atoms with E-state index in [1.807, 2.05) is 31.2 Å². The van der Waals surface area contributed by atoms with Gasteiger partial charge in [-0.15, -0.1) is 0 Å². The van der Waals surface area contributed by atoms with Crippen LogP contribution in [0.15, 0.2) is 54.7 Å². The molecule has 2 aromatic carbocycles. The normalized spacial score (nSPS) is 18.0. The molecule has 0 saturated heterocycles. The lowest BCUT2D eigenvalue weighted by atomic mass is 9.99. The van der Waals surface area contributed by atoms with Crippen LogP contribution in [0.2, 0.25) is 0 Å². The summed E-state index contributed by atoms with van der Waals surface area (Å²) in [5.41, 5.74) is 1.92. The number of pyridine rings is 1. The van der Waals surface area contributed by atoms with Gasteiger partial charge in [-0.3, -0.25) is 9.59 Å². The molecule has 2 aliphatic heterocycles. The molecule has 10 nitrogen and oxygen atoms in total. The van der Waals surface area contributed by atoms with Crippen LogP contribution < -0.4 is 18.9 Å². The summed E-state index contributed by atoms with van der Waals surface area (Å²) in [6.45, 7) is 4.20. The number of benzene rings is 2. The minimum Gasteiger partial charge on any atom is -0.495 e. The standard InChI is InChI=1S/C32H33N3O7/c1-20-16-35(21(2)18-36)32(38)25-13-22(9-10-23-7-5-6-8-26(23)39-4)15-33-30(25)42-29(20)17-34(3)31(37)24-11-12-27-28(14-24)41-19-40-27/h5-8,11-15,20-21,29,36H,16-19H2,1-4H3/t20-,21+,29-/m0/s1. The molecule has 0 spiro atoms. The molecule has 0 unspecified atom stereocenters.